The average Bonchev–Trinajstić information content (AvgIpc) is 2.40. The van der Waals surface area contributed by atoms with E-state index in [1.165, 1.54) is 0 Å². The van der Waals surface area contributed by atoms with Gasteiger partial charge in [0.05, 0.1) is 18.1 Å². The maximum absolute atomic E-state index is 11.9. The molecule has 0 aliphatic heterocycles. The van der Waals surface area contributed by atoms with Gasteiger partial charge in [0.1, 0.15) is 0 Å². The van der Waals surface area contributed by atoms with Gasteiger partial charge in [-0.15, -0.1) is 0 Å². The van der Waals surface area contributed by atoms with E-state index in [1.54, 1.807) is 29.4 Å². The van der Waals surface area contributed by atoms with Gasteiger partial charge in [0.25, 0.3) is 5.91 Å². The van der Waals surface area contributed by atoms with Gasteiger partial charge in [0.15, 0.2) is 0 Å². The van der Waals surface area contributed by atoms with Crippen LogP contribution in [0.15, 0.2) is 42.7 Å². The summed E-state index contributed by atoms with van der Waals surface area (Å²) in [6.07, 6.45) is 3.17. The SMILES string of the molecule is CN(C)c1ncc(NC(=O)c2ccccc2)cn1. The van der Waals surface area contributed by atoms with Crippen molar-refractivity contribution in [3.05, 3.63) is 48.3 Å². The molecule has 0 atom stereocenters. The highest BCUT2D eigenvalue weighted by Crippen LogP contribution is 2.09. The minimum absolute atomic E-state index is 0.170. The van der Waals surface area contributed by atoms with E-state index >= 15 is 0 Å². The number of hydrogen-bond donors (Lipinski definition) is 1. The van der Waals surface area contributed by atoms with Crippen molar-refractivity contribution < 1.29 is 4.79 Å². The fourth-order valence-electron chi connectivity index (χ4n) is 1.41. The van der Waals surface area contributed by atoms with Gasteiger partial charge in [-0.25, -0.2) is 9.97 Å². The Bertz CT molecular complexity index is 522. The van der Waals surface area contributed by atoms with Gasteiger partial charge in [-0.3, -0.25) is 4.79 Å². The van der Waals surface area contributed by atoms with Gasteiger partial charge in [-0.1, -0.05) is 18.2 Å². The maximum atomic E-state index is 11.9. The van der Waals surface area contributed by atoms with E-state index < -0.39 is 0 Å². The monoisotopic (exact) mass is 242 g/mol. The zero-order valence-electron chi connectivity index (χ0n) is 10.3. The number of nitrogens with one attached hydrogen (secondary N) is 1. The van der Waals surface area contributed by atoms with Crippen molar-refractivity contribution in [1.82, 2.24) is 9.97 Å². The van der Waals surface area contributed by atoms with Gasteiger partial charge in [-0.05, 0) is 12.1 Å². The third-order valence-corrected chi connectivity index (χ3v) is 2.33. The van der Waals surface area contributed by atoms with Crippen molar-refractivity contribution in [3.63, 3.8) is 0 Å². The summed E-state index contributed by atoms with van der Waals surface area (Å²) in [7, 11) is 3.72. The Balaban J connectivity index is 2.08. The molecule has 92 valence electrons. The Hall–Kier alpha value is -2.43. The Kier molecular flexibility index (Phi) is 3.52. The predicted molar refractivity (Wildman–Crippen MR) is 70.8 cm³/mol. The summed E-state index contributed by atoms with van der Waals surface area (Å²) in [5.41, 5.74) is 1.18. The molecule has 5 heteroatoms. The standard InChI is InChI=1S/C13H14N4O/c1-17(2)13-14-8-11(9-15-13)16-12(18)10-6-4-3-5-7-10/h3-9H,1-2H3,(H,16,18). The first-order valence-electron chi connectivity index (χ1n) is 5.52. The predicted octanol–water partition coefficient (Wildman–Crippen LogP) is 1.79. The molecule has 0 saturated heterocycles. The normalized spacial score (nSPS) is 9.89. The molecule has 18 heavy (non-hydrogen) atoms. The summed E-state index contributed by atoms with van der Waals surface area (Å²) in [5, 5.41) is 2.74. The van der Waals surface area contributed by atoms with Crippen LogP contribution in [-0.4, -0.2) is 30.0 Å². The van der Waals surface area contributed by atoms with Crippen molar-refractivity contribution in [1.29, 1.82) is 0 Å². The van der Waals surface area contributed by atoms with Crippen LogP contribution in [0.25, 0.3) is 0 Å². The van der Waals surface area contributed by atoms with Crippen molar-refractivity contribution in [2.75, 3.05) is 24.3 Å². The highest BCUT2D eigenvalue weighted by atomic mass is 16.1. The molecule has 0 radical (unpaired) electrons. The molecule has 0 aliphatic carbocycles. The molecule has 1 amide bonds. The quantitative estimate of drug-likeness (QED) is 0.891. The Labute approximate surface area is 105 Å². The largest absolute Gasteiger partial charge is 0.347 e. The highest BCUT2D eigenvalue weighted by molar-refractivity contribution is 6.04. The molecule has 1 heterocycles. The second-order valence-corrected chi connectivity index (χ2v) is 3.99. The summed E-state index contributed by atoms with van der Waals surface area (Å²) in [5.74, 6) is 0.435. The van der Waals surface area contributed by atoms with Gasteiger partial charge in [0.2, 0.25) is 5.95 Å². The van der Waals surface area contributed by atoms with E-state index in [4.69, 9.17) is 0 Å². The molecule has 2 aromatic rings. The smallest absolute Gasteiger partial charge is 0.255 e. The third-order valence-electron chi connectivity index (χ3n) is 2.33. The van der Waals surface area contributed by atoms with Crippen LogP contribution in [0.5, 0.6) is 0 Å². The third kappa shape index (κ3) is 2.82. The molecule has 1 aromatic carbocycles. The zero-order valence-corrected chi connectivity index (χ0v) is 10.3. The van der Waals surface area contributed by atoms with E-state index in [2.05, 4.69) is 15.3 Å². The molecular weight excluding hydrogens is 228 g/mol. The second kappa shape index (κ2) is 5.27. The number of carbonyl (C=O) groups is 1. The topological polar surface area (TPSA) is 58.1 Å². The Morgan fingerprint density at radius 1 is 1.11 bits per heavy atom. The molecule has 0 saturated carbocycles. The number of amides is 1. The molecule has 5 nitrogen and oxygen atoms in total. The molecule has 1 N–H and O–H groups in total. The van der Waals surface area contributed by atoms with Crippen molar-refractivity contribution >= 4 is 17.5 Å². The molecule has 1 aromatic heterocycles. The van der Waals surface area contributed by atoms with Gasteiger partial charge < -0.3 is 10.2 Å². The number of nitrogens with zero attached hydrogens (tertiary/aromatic N) is 3. The lowest BCUT2D eigenvalue weighted by molar-refractivity contribution is 0.102. The van der Waals surface area contributed by atoms with Gasteiger partial charge in [-0.2, -0.15) is 0 Å². The number of carbonyl (C=O) groups excluding carboxylic acids is 1. The molecule has 0 fully saturated rings. The molecule has 0 aliphatic rings. The van der Waals surface area contributed by atoms with Crippen molar-refractivity contribution in [2.45, 2.75) is 0 Å². The summed E-state index contributed by atoms with van der Waals surface area (Å²) < 4.78 is 0. The Morgan fingerprint density at radius 2 is 1.72 bits per heavy atom. The van der Waals surface area contributed by atoms with Crippen LogP contribution in [0.1, 0.15) is 10.4 Å². The average molecular weight is 242 g/mol. The van der Waals surface area contributed by atoms with Gasteiger partial charge >= 0.3 is 0 Å². The zero-order chi connectivity index (χ0) is 13.0. The fraction of sp³-hybridized carbons (Fsp3) is 0.154. The Morgan fingerprint density at radius 3 is 2.28 bits per heavy atom. The van der Waals surface area contributed by atoms with E-state index in [-0.39, 0.29) is 5.91 Å². The minimum Gasteiger partial charge on any atom is -0.347 e. The highest BCUT2D eigenvalue weighted by Gasteiger charge is 2.06. The first-order valence-corrected chi connectivity index (χ1v) is 5.52. The van der Waals surface area contributed by atoms with E-state index in [0.29, 0.717) is 17.2 Å². The maximum Gasteiger partial charge on any atom is 0.255 e. The fourth-order valence-corrected chi connectivity index (χ4v) is 1.41. The van der Waals surface area contributed by atoms with E-state index in [9.17, 15) is 4.79 Å². The van der Waals surface area contributed by atoms with E-state index in [0.717, 1.165) is 0 Å². The van der Waals surface area contributed by atoms with Crippen LogP contribution in [-0.2, 0) is 0 Å². The number of rotatable bonds is 3. The van der Waals surface area contributed by atoms with Crippen LogP contribution >= 0.6 is 0 Å². The first kappa shape index (κ1) is 12.0. The summed E-state index contributed by atoms with van der Waals surface area (Å²) >= 11 is 0. The van der Waals surface area contributed by atoms with Crippen LogP contribution in [0.3, 0.4) is 0 Å². The van der Waals surface area contributed by atoms with Crippen LogP contribution < -0.4 is 10.2 Å². The van der Waals surface area contributed by atoms with Crippen LogP contribution in [0.2, 0.25) is 0 Å². The minimum atomic E-state index is -0.170. The molecular formula is C13H14N4O. The van der Waals surface area contributed by atoms with Crippen molar-refractivity contribution in [2.24, 2.45) is 0 Å². The number of aromatic nitrogens is 2. The second-order valence-electron chi connectivity index (χ2n) is 3.99. The first-order chi connectivity index (χ1) is 8.66. The summed E-state index contributed by atoms with van der Waals surface area (Å²) in [6, 6.07) is 9.02. The van der Waals surface area contributed by atoms with Gasteiger partial charge in [0, 0.05) is 19.7 Å². The number of benzene rings is 1. The molecule has 0 bridgehead atoms. The summed E-state index contributed by atoms with van der Waals surface area (Å²) in [6.45, 7) is 0. The number of anilines is 2. The summed E-state index contributed by atoms with van der Waals surface area (Å²) in [4.78, 5) is 21.9. The lowest BCUT2D eigenvalue weighted by Crippen LogP contribution is -2.15. The van der Waals surface area contributed by atoms with E-state index in [1.807, 2.05) is 32.3 Å². The lowest BCUT2D eigenvalue weighted by atomic mass is 10.2. The lowest BCUT2D eigenvalue weighted by Gasteiger charge is -2.10. The van der Waals surface area contributed by atoms with Crippen molar-refractivity contribution in [3.8, 4) is 0 Å². The van der Waals surface area contributed by atoms with Crippen LogP contribution in [0.4, 0.5) is 11.6 Å². The number of hydrogen-bond acceptors (Lipinski definition) is 4. The molecule has 0 spiro atoms. The molecule has 0 unspecified atom stereocenters. The van der Waals surface area contributed by atoms with Crippen LogP contribution in [0, 0.1) is 0 Å². The molecule has 2 rings (SSSR count).